The molecule has 0 saturated heterocycles. The van der Waals surface area contributed by atoms with E-state index in [0.717, 1.165) is 31.3 Å². The van der Waals surface area contributed by atoms with Crippen LogP contribution in [0.5, 0.6) is 0 Å². The predicted octanol–water partition coefficient (Wildman–Crippen LogP) is 4.44. The van der Waals surface area contributed by atoms with E-state index in [0.29, 0.717) is 17.8 Å². The van der Waals surface area contributed by atoms with Crippen LogP contribution in [0.25, 0.3) is 0 Å². The minimum absolute atomic E-state index is 0.0766. The highest BCUT2D eigenvalue weighted by Crippen LogP contribution is 2.67. The van der Waals surface area contributed by atoms with Crippen molar-refractivity contribution in [2.75, 3.05) is 0 Å². The maximum Gasteiger partial charge on any atom is 0.181 e. The molecule has 0 aromatic rings. The van der Waals surface area contributed by atoms with E-state index in [-0.39, 0.29) is 16.6 Å². The molecule has 0 aromatic carbocycles. The highest BCUT2D eigenvalue weighted by atomic mass is 16.3. The van der Waals surface area contributed by atoms with Gasteiger partial charge in [-0.2, -0.15) is 0 Å². The van der Waals surface area contributed by atoms with Crippen LogP contribution in [-0.4, -0.2) is 16.5 Å². The lowest BCUT2D eigenvalue weighted by Crippen LogP contribution is -2.54. The van der Waals surface area contributed by atoms with Gasteiger partial charge in [0.1, 0.15) is 0 Å². The number of carbonyl (C=O) groups is 1. The van der Waals surface area contributed by atoms with E-state index in [1.807, 2.05) is 6.08 Å². The molecule has 6 atom stereocenters. The maximum absolute atomic E-state index is 12.1. The predicted molar refractivity (Wildman–Crippen MR) is 91.9 cm³/mol. The summed E-state index contributed by atoms with van der Waals surface area (Å²) < 4.78 is 0. The summed E-state index contributed by atoms with van der Waals surface area (Å²) >= 11 is 0. The Labute approximate surface area is 140 Å². The Balaban J connectivity index is 1.72. The summed E-state index contributed by atoms with van der Waals surface area (Å²) in [7, 11) is 0. The van der Waals surface area contributed by atoms with Gasteiger partial charge in [-0.15, -0.1) is 0 Å². The number of allylic oxidation sites excluding steroid dienone is 2. The number of carbonyl (C=O) groups excluding carboxylic acids is 1. The van der Waals surface area contributed by atoms with Gasteiger partial charge in [0.05, 0.1) is 5.60 Å². The Morgan fingerprint density at radius 3 is 2.57 bits per heavy atom. The molecule has 0 unspecified atom stereocenters. The van der Waals surface area contributed by atoms with E-state index >= 15 is 0 Å². The Bertz CT molecular complexity index is 613. The number of hydrogen-bond donors (Lipinski definition) is 1. The minimum atomic E-state index is -0.508. The lowest BCUT2D eigenvalue weighted by atomic mass is 9.46. The van der Waals surface area contributed by atoms with E-state index < -0.39 is 5.60 Å². The van der Waals surface area contributed by atoms with Crippen LogP contribution in [-0.2, 0) is 4.79 Å². The highest BCUT2D eigenvalue weighted by molar-refractivity contribution is 6.05. The molecule has 3 fully saturated rings. The summed E-state index contributed by atoms with van der Waals surface area (Å²) in [6, 6.07) is 0. The third-order valence-electron chi connectivity index (χ3n) is 8.53. The number of ketones is 1. The molecule has 4 aliphatic carbocycles. The highest BCUT2D eigenvalue weighted by Gasteiger charge is 2.62. The van der Waals surface area contributed by atoms with E-state index in [2.05, 4.69) is 27.4 Å². The van der Waals surface area contributed by atoms with Crippen LogP contribution in [0.15, 0.2) is 23.8 Å². The molecular weight excluding hydrogens is 284 g/mol. The van der Waals surface area contributed by atoms with Crippen LogP contribution in [0, 0.1) is 28.6 Å². The van der Waals surface area contributed by atoms with Gasteiger partial charge in [0.2, 0.25) is 0 Å². The van der Waals surface area contributed by atoms with Crippen molar-refractivity contribution in [3.63, 3.8) is 0 Å². The molecule has 0 aliphatic heterocycles. The Hall–Kier alpha value is -0.890. The minimum Gasteiger partial charge on any atom is -0.390 e. The number of hydrogen-bond acceptors (Lipinski definition) is 2. The fraction of sp³-hybridized carbons (Fsp3) is 0.762. The zero-order valence-electron chi connectivity index (χ0n) is 14.8. The van der Waals surface area contributed by atoms with Gasteiger partial charge in [0, 0.05) is 0 Å². The van der Waals surface area contributed by atoms with E-state index in [1.54, 1.807) is 0 Å². The quantitative estimate of drug-likeness (QED) is 0.671. The van der Waals surface area contributed by atoms with Gasteiger partial charge in [0.25, 0.3) is 0 Å². The summed E-state index contributed by atoms with van der Waals surface area (Å²) in [4.78, 5) is 12.1. The molecule has 2 heteroatoms. The van der Waals surface area contributed by atoms with E-state index in [1.165, 1.54) is 24.8 Å². The fourth-order valence-electron chi connectivity index (χ4n) is 6.84. The Morgan fingerprint density at radius 1 is 1.13 bits per heavy atom. The second kappa shape index (κ2) is 4.59. The number of aliphatic hydroxyl groups is 1. The molecule has 0 heterocycles. The first kappa shape index (κ1) is 15.6. The Kier molecular flexibility index (Phi) is 3.12. The van der Waals surface area contributed by atoms with Crippen molar-refractivity contribution in [3.05, 3.63) is 23.8 Å². The molecule has 1 N–H and O–H groups in total. The van der Waals surface area contributed by atoms with Crippen molar-refractivity contribution in [2.45, 2.75) is 71.3 Å². The first-order valence-electron chi connectivity index (χ1n) is 9.35. The molecule has 0 amide bonds. The van der Waals surface area contributed by atoms with Crippen molar-refractivity contribution < 1.29 is 9.90 Å². The van der Waals surface area contributed by atoms with Crippen LogP contribution in [0.4, 0.5) is 0 Å². The summed E-state index contributed by atoms with van der Waals surface area (Å²) in [5.41, 5.74) is 1.87. The first-order valence-corrected chi connectivity index (χ1v) is 9.35. The van der Waals surface area contributed by atoms with Gasteiger partial charge < -0.3 is 5.11 Å². The second-order valence-corrected chi connectivity index (χ2v) is 9.42. The first-order chi connectivity index (χ1) is 10.7. The average molecular weight is 314 g/mol. The smallest absolute Gasteiger partial charge is 0.181 e. The van der Waals surface area contributed by atoms with Gasteiger partial charge in [-0.05, 0) is 92.1 Å². The van der Waals surface area contributed by atoms with E-state index in [4.69, 9.17) is 0 Å². The molecule has 0 bridgehead atoms. The summed E-state index contributed by atoms with van der Waals surface area (Å²) in [6.45, 7) is 10.8. The lowest BCUT2D eigenvalue weighted by Gasteiger charge is -2.59. The molecule has 126 valence electrons. The maximum atomic E-state index is 12.1. The third-order valence-corrected chi connectivity index (χ3v) is 8.53. The van der Waals surface area contributed by atoms with E-state index in [9.17, 15) is 9.90 Å². The molecular formula is C21H30O2. The molecule has 0 spiro atoms. The van der Waals surface area contributed by atoms with Crippen molar-refractivity contribution in [1.82, 2.24) is 0 Å². The average Bonchev–Trinajstić information content (AvgIpc) is 2.71. The summed E-state index contributed by atoms with van der Waals surface area (Å²) in [5.74, 6) is 2.14. The van der Waals surface area contributed by atoms with Gasteiger partial charge in [-0.1, -0.05) is 26.0 Å². The summed E-state index contributed by atoms with van der Waals surface area (Å²) in [6.07, 6.45) is 9.42. The van der Waals surface area contributed by atoms with Crippen molar-refractivity contribution in [1.29, 1.82) is 0 Å². The van der Waals surface area contributed by atoms with Crippen molar-refractivity contribution in [2.24, 2.45) is 28.6 Å². The SMILES string of the molecule is C=C1C[C@]2(C)C(=CC1=O)CC[C@H]1[C@H]2CC[C@@]2(C)[C@H]1CC[C@]2(C)O. The van der Waals surface area contributed by atoms with Gasteiger partial charge in [-0.25, -0.2) is 0 Å². The van der Waals surface area contributed by atoms with Crippen molar-refractivity contribution >= 4 is 5.78 Å². The molecule has 23 heavy (non-hydrogen) atoms. The topological polar surface area (TPSA) is 37.3 Å². The Morgan fingerprint density at radius 2 is 1.83 bits per heavy atom. The zero-order valence-corrected chi connectivity index (χ0v) is 14.8. The zero-order chi connectivity index (χ0) is 16.6. The van der Waals surface area contributed by atoms with Gasteiger partial charge in [0.15, 0.2) is 5.78 Å². The second-order valence-electron chi connectivity index (χ2n) is 9.42. The lowest BCUT2D eigenvalue weighted by molar-refractivity contribution is -0.120. The summed E-state index contributed by atoms with van der Waals surface area (Å²) in [5, 5.41) is 10.9. The molecule has 3 saturated carbocycles. The molecule has 2 nitrogen and oxygen atoms in total. The van der Waals surface area contributed by atoms with Crippen LogP contribution >= 0.6 is 0 Å². The third kappa shape index (κ3) is 1.88. The number of rotatable bonds is 0. The molecule has 4 rings (SSSR count). The largest absolute Gasteiger partial charge is 0.390 e. The standard InChI is InChI=1S/C21H30O2/c1-13-12-19(2)14(11-18(13)22)5-6-15-16(19)7-9-20(3)17(15)8-10-21(20,4)23/h11,15-17,23H,1,5-10,12H2,2-4H3/t15-,16+,17-,19+,20-,21-/m0/s1. The number of fused-ring (bicyclic) bond motifs is 5. The van der Waals surface area contributed by atoms with Gasteiger partial charge in [-0.3, -0.25) is 4.79 Å². The van der Waals surface area contributed by atoms with Crippen LogP contribution < -0.4 is 0 Å². The van der Waals surface area contributed by atoms with Crippen LogP contribution in [0.3, 0.4) is 0 Å². The van der Waals surface area contributed by atoms with Crippen LogP contribution in [0.2, 0.25) is 0 Å². The molecule has 0 aromatic heterocycles. The normalized spacial score (nSPS) is 52.5. The fourth-order valence-corrected chi connectivity index (χ4v) is 6.84. The van der Waals surface area contributed by atoms with Gasteiger partial charge >= 0.3 is 0 Å². The van der Waals surface area contributed by atoms with Crippen molar-refractivity contribution in [3.8, 4) is 0 Å². The molecule has 0 radical (unpaired) electrons. The van der Waals surface area contributed by atoms with Crippen LogP contribution in [0.1, 0.15) is 65.7 Å². The monoisotopic (exact) mass is 314 g/mol. The molecule has 4 aliphatic rings.